The largest absolute Gasteiger partial charge is 0.377 e. The molecule has 6 N–H and O–H groups in total. The Hall–Kier alpha value is -0.0231. The second-order valence-corrected chi connectivity index (χ2v) is 8.02. The molecular weight excluding hydrogens is 250 g/mol. The molecule has 0 heterocycles. The Morgan fingerprint density at radius 2 is 1.44 bits per heavy atom. The predicted molar refractivity (Wildman–Crippen MR) is 74.8 cm³/mol. The van der Waals surface area contributed by atoms with Gasteiger partial charge in [0.25, 0.3) is 0 Å². The van der Waals surface area contributed by atoms with E-state index in [0.717, 1.165) is 6.42 Å². The van der Waals surface area contributed by atoms with E-state index >= 15 is 0 Å². The van der Waals surface area contributed by atoms with Crippen molar-refractivity contribution in [2.45, 2.75) is 64.9 Å². The average Bonchev–Trinajstić information content (AvgIpc) is 2.14. The minimum absolute atomic E-state index is 0.0251. The lowest BCUT2D eigenvalue weighted by atomic mass is 10.4. The molecule has 7 heteroatoms. The molecule has 0 amide bonds. The fraction of sp³-hybridized carbons (Fsp3) is 1.00. The molecule has 0 aliphatic carbocycles. The number of hydrogen-bond acceptors (Lipinski definition) is 6. The lowest BCUT2D eigenvalue weighted by Gasteiger charge is -2.36. The molecule has 0 spiro atoms. The van der Waals surface area contributed by atoms with E-state index < -0.39 is 21.0 Å². The van der Waals surface area contributed by atoms with Crippen LogP contribution in [-0.2, 0) is 13.6 Å². The highest BCUT2D eigenvalue weighted by Gasteiger charge is 2.43. The van der Waals surface area contributed by atoms with E-state index in [4.69, 9.17) is 30.8 Å². The summed E-state index contributed by atoms with van der Waals surface area (Å²) in [5, 5.41) is 0. The highest BCUT2D eigenvalue weighted by Crippen LogP contribution is 2.20. The standard InChI is InChI=1S/C11H29N3O3Si/c1-6-11(15-7-8(2)12)18(5,16-9(3)13)17-10(4)14/h8-11H,6-7,12-14H2,1-5H3. The van der Waals surface area contributed by atoms with Gasteiger partial charge in [0.2, 0.25) is 0 Å². The molecule has 4 unspecified atom stereocenters. The molecule has 110 valence electrons. The first kappa shape index (κ1) is 18.0. The molecule has 0 aromatic carbocycles. The molecule has 18 heavy (non-hydrogen) atoms. The van der Waals surface area contributed by atoms with Gasteiger partial charge in [-0.3, -0.25) is 0 Å². The highest BCUT2D eigenvalue weighted by atomic mass is 28.4. The molecule has 0 saturated heterocycles. The van der Waals surface area contributed by atoms with E-state index in [-0.39, 0.29) is 11.8 Å². The number of hydrogen-bond donors (Lipinski definition) is 3. The SMILES string of the molecule is CCC(OCC(C)N)[Si](C)(OC(C)N)OC(C)N. The van der Waals surface area contributed by atoms with Crippen molar-refractivity contribution in [3.05, 3.63) is 0 Å². The number of ether oxygens (including phenoxy) is 1. The van der Waals surface area contributed by atoms with E-state index in [1.54, 1.807) is 13.8 Å². The van der Waals surface area contributed by atoms with Gasteiger partial charge in [0.15, 0.2) is 0 Å². The molecular formula is C11H29N3O3Si. The van der Waals surface area contributed by atoms with Crippen LogP contribution in [0.5, 0.6) is 0 Å². The van der Waals surface area contributed by atoms with Crippen molar-refractivity contribution >= 4 is 8.56 Å². The van der Waals surface area contributed by atoms with E-state index in [1.165, 1.54) is 0 Å². The van der Waals surface area contributed by atoms with Gasteiger partial charge in [-0.05, 0) is 33.7 Å². The zero-order chi connectivity index (χ0) is 14.3. The summed E-state index contributed by atoms with van der Waals surface area (Å²) < 4.78 is 17.4. The maximum Gasteiger partial charge on any atom is 0.367 e. The van der Waals surface area contributed by atoms with Crippen LogP contribution in [-0.4, -0.2) is 39.4 Å². The summed E-state index contributed by atoms with van der Waals surface area (Å²) in [6, 6.07) is -0.0251. The zero-order valence-corrected chi connectivity index (χ0v) is 13.2. The van der Waals surface area contributed by atoms with Crippen molar-refractivity contribution in [1.29, 1.82) is 0 Å². The number of rotatable bonds is 9. The summed E-state index contributed by atoms with van der Waals surface area (Å²) >= 11 is 0. The minimum Gasteiger partial charge on any atom is -0.377 e. The molecule has 0 aliphatic heterocycles. The molecule has 0 radical (unpaired) electrons. The summed E-state index contributed by atoms with van der Waals surface area (Å²) in [7, 11) is -2.60. The van der Waals surface area contributed by atoms with Crippen LogP contribution in [0.2, 0.25) is 6.55 Å². The fourth-order valence-corrected chi connectivity index (χ4v) is 4.80. The molecule has 0 aliphatic rings. The van der Waals surface area contributed by atoms with Crippen LogP contribution in [0.25, 0.3) is 0 Å². The first-order valence-electron chi connectivity index (χ1n) is 6.45. The van der Waals surface area contributed by atoms with Crippen molar-refractivity contribution in [3.63, 3.8) is 0 Å². The first-order valence-corrected chi connectivity index (χ1v) is 8.84. The van der Waals surface area contributed by atoms with Crippen LogP contribution in [0.4, 0.5) is 0 Å². The van der Waals surface area contributed by atoms with Gasteiger partial charge in [-0.2, -0.15) is 0 Å². The summed E-state index contributed by atoms with van der Waals surface area (Å²) in [6.45, 7) is 9.85. The van der Waals surface area contributed by atoms with E-state index in [2.05, 4.69) is 0 Å². The Kier molecular flexibility index (Phi) is 8.20. The van der Waals surface area contributed by atoms with Crippen molar-refractivity contribution in [3.8, 4) is 0 Å². The van der Waals surface area contributed by atoms with Gasteiger partial charge >= 0.3 is 8.56 Å². The van der Waals surface area contributed by atoms with Crippen molar-refractivity contribution < 1.29 is 13.6 Å². The highest BCUT2D eigenvalue weighted by molar-refractivity contribution is 6.67. The van der Waals surface area contributed by atoms with Crippen LogP contribution in [0.3, 0.4) is 0 Å². The lowest BCUT2D eigenvalue weighted by Crippen LogP contribution is -2.57. The third-order valence-electron chi connectivity index (χ3n) is 2.36. The van der Waals surface area contributed by atoms with Crippen LogP contribution in [0.15, 0.2) is 0 Å². The van der Waals surface area contributed by atoms with E-state index in [9.17, 15) is 0 Å². The zero-order valence-electron chi connectivity index (χ0n) is 12.2. The van der Waals surface area contributed by atoms with Gasteiger partial charge in [-0.15, -0.1) is 0 Å². The van der Waals surface area contributed by atoms with E-state index in [0.29, 0.717) is 6.61 Å². The molecule has 6 nitrogen and oxygen atoms in total. The monoisotopic (exact) mass is 279 g/mol. The smallest absolute Gasteiger partial charge is 0.367 e. The Morgan fingerprint density at radius 3 is 1.72 bits per heavy atom. The molecule has 0 fully saturated rings. The summed E-state index contributed by atoms with van der Waals surface area (Å²) in [6.07, 6.45) is -0.0451. The van der Waals surface area contributed by atoms with E-state index in [1.807, 2.05) is 20.4 Å². The molecule has 4 atom stereocenters. The quantitative estimate of drug-likeness (QED) is 0.416. The van der Waals surface area contributed by atoms with Crippen LogP contribution >= 0.6 is 0 Å². The van der Waals surface area contributed by atoms with Gasteiger partial charge < -0.3 is 30.8 Å². The Bertz CT molecular complexity index is 218. The molecule has 0 bridgehead atoms. The summed E-state index contributed by atoms with van der Waals surface area (Å²) in [5.74, 6) is 0. The topological polar surface area (TPSA) is 106 Å². The van der Waals surface area contributed by atoms with Gasteiger partial charge in [-0.25, -0.2) is 0 Å². The predicted octanol–water partition coefficient (Wildman–Crippen LogP) is 0.383. The normalized spacial score (nSPS) is 22.0. The third kappa shape index (κ3) is 6.79. The third-order valence-corrected chi connectivity index (χ3v) is 5.78. The van der Waals surface area contributed by atoms with Crippen molar-refractivity contribution in [1.82, 2.24) is 0 Å². The second-order valence-electron chi connectivity index (χ2n) is 4.87. The summed E-state index contributed by atoms with van der Waals surface area (Å²) in [4.78, 5) is 0. The van der Waals surface area contributed by atoms with Crippen molar-refractivity contribution in [2.75, 3.05) is 6.61 Å². The second kappa shape index (κ2) is 8.21. The van der Waals surface area contributed by atoms with Crippen LogP contribution in [0, 0.1) is 0 Å². The number of nitrogens with two attached hydrogens (primary N) is 3. The lowest BCUT2D eigenvalue weighted by molar-refractivity contribution is 0.0159. The van der Waals surface area contributed by atoms with Gasteiger partial charge in [-0.1, -0.05) is 6.92 Å². The van der Waals surface area contributed by atoms with Crippen LogP contribution < -0.4 is 17.2 Å². The Morgan fingerprint density at radius 1 is 1.00 bits per heavy atom. The fourth-order valence-electron chi connectivity index (χ4n) is 1.83. The molecule has 0 saturated carbocycles. The van der Waals surface area contributed by atoms with Crippen LogP contribution in [0.1, 0.15) is 34.1 Å². The Balaban J connectivity index is 4.76. The maximum absolute atomic E-state index is 5.80. The first-order chi connectivity index (χ1) is 8.21. The Labute approximate surface area is 111 Å². The van der Waals surface area contributed by atoms with Gasteiger partial charge in [0, 0.05) is 6.04 Å². The average molecular weight is 279 g/mol. The van der Waals surface area contributed by atoms with Gasteiger partial charge in [0.1, 0.15) is 5.73 Å². The summed E-state index contributed by atoms with van der Waals surface area (Å²) in [5.41, 5.74) is 17.0. The maximum atomic E-state index is 5.80. The molecule has 0 aromatic rings. The molecule has 0 aromatic heterocycles. The van der Waals surface area contributed by atoms with Gasteiger partial charge in [0.05, 0.1) is 19.1 Å². The minimum atomic E-state index is -2.60. The van der Waals surface area contributed by atoms with Crippen molar-refractivity contribution in [2.24, 2.45) is 17.2 Å². The molecule has 0 rings (SSSR count).